The predicted molar refractivity (Wildman–Crippen MR) is 79.0 cm³/mol. The highest BCUT2D eigenvalue weighted by Crippen LogP contribution is 2.29. The van der Waals surface area contributed by atoms with E-state index in [2.05, 4.69) is 52.9 Å². The number of rotatable bonds is 2. The molecule has 0 unspecified atom stereocenters. The highest BCUT2D eigenvalue weighted by atomic mass is 79.9. The van der Waals surface area contributed by atoms with Crippen LogP contribution in [0.3, 0.4) is 0 Å². The van der Waals surface area contributed by atoms with Crippen LogP contribution in [0.15, 0.2) is 22.7 Å². The molecule has 1 aromatic carbocycles. The van der Waals surface area contributed by atoms with Crippen LogP contribution in [-0.4, -0.2) is 25.3 Å². The molecular formula is C14H21BrN2O. The molecule has 1 saturated heterocycles. The molecule has 1 heterocycles. The summed E-state index contributed by atoms with van der Waals surface area (Å²) in [7, 11) is 0. The van der Waals surface area contributed by atoms with Gasteiger partial charge in [-0.15, -0.1) is 0 Å². The zero-order valence-electron chi connectivity index (χ0n) is 11.2. The summed E-state index contributed by atoms with van der Waals surface area (Å²) in [4.78, 5) is 2.36. The average molecular weight is 313 g/mol. The number of ether oxygens (including phenoxy) is 1. The molecule has 0 amide bonds. The van der Waals surface area contributed by atoms with E-state index in [1.54, 1.807) is 0 Å². The van der Waals surface area contributed by atoms with Crippen LogP contribution in [0.1, 0.15) is 32.4 Å². The highest BCUT2D eigenvalue weighted by Gasteiger charge is 2.27. The molecule has 1 aliphatic heterocycles. The largest absolute Gasteiger partial charge is 0.372 e. The van der Waals surface area contributed by atoms with Crippen LogP contribution < -0.4 is 10.6 Å². The fourth-order valence-corrected chi connectivity index (χ4v) is 3.05. The summed E-state index contributed by atoms with van der Waals surface area (Å²) in [6.07, 6.45) is 0. The molecular weight excluding hydrogens is 292 g/mol. The summed E-state index contributed by atoms with van der Waals surface area (Å²) in [5, 5.41) is 0. The third-order valence-electron chi connectivity index (χ3n) is 3.27. The van der Waals surface area contributed by atoms with E-state index >= 15 is 0 Å². The number of benzene rings is 1. The molecule has 0 bridgehead atoms. The van der Waals surface area contributed by atoms with Crippen molar-refractivity contribution in [3.8, 4) is 0 Å². The van der Waals surface area contributed by atoms with E-state index in [-0.39, 0.29) is 11.6 Å². The Hall–Kier alpha value is -0.580. The van der Waals surface area contributed by atoms with Gasteiger partial charge < -0.3 is 15.4 Å². The Bertz CT molecular complexity index is 432. The van der Waals surface area contributed by atoms with E-state index in [1.165, 1.54) is 5.69 Å². The monoisotopic (exact) mass is 312 g/mol. The maximum Gasteiger partial charge on any atom is 0.0801 e. The Balaban J connectivity index is 2.21. The Labute approximate surface area is 117 Å². The summed E-state index contributed by atoms with van der Waals surface area (Å²) in [6, 6.07) is 6.45. The molecule has 2 rings (SSSR count). The Morgan fingerprint density at radius 3 is 2.72 bits per heavy atom. The number of hydrogen-bond donors (Lipinski definition) is 1. The molecule has 0 saturated carbocycles. The second-order valence-corrected chi connectivity index (χ2v) is 6.38. The fourth-order valence-electron chi connectivity index (χ4n) is 2.32. The maximum atomic E-state index is 5.92. The van der Waals surface area contributed by atoms with Crippen LogP contribution in [0, 0.1) is 0 Å². The molecule has 1 aromatic rings. The fraction of sp³-hybridized carbons (Fsp3) is 0.571. The van der Waals surface area contributed by atoms with E-state index < -0.39 is 0 Å². The molecule has 1 atom stereocenters. The van der Waals surface area contributed by atoms with Gasteiger partial charge in [0.05, 0.1) is 12.2 Å². The molecule has 1 fully saturated rings. The van der Waals surface area contributed by atoms with Crippen molar-refractivity contribution in [2.75, 3.05) is 24.6 Å². The minimum atomic E-state index is -0.0788. The van der Waals surface area contributed by atoms with E-state index in [0.717, 1.165) is 29.7 Å². The first-order chi connectivity index (χ1) is 8.39. The third-order valence-corrected chi connectivity index (χ3v) is 3.95. The van der Waals surface area contributed by atoms with E-state index in [0.29, 0.717) is 0 Å². The minimum Gasteiger partial charge on any atom is -0.372 e. The lowest BCUT2D eigenvalue weighted by molar-refractivity contribution is -0.0276. The Morgan fingerprint density at radius 1 is 1.44 bits per heavy atom. The minimum absolute atomic E-state index is 0.0505. The zero-order valence-corrected chi connectivity index (χ0v) is 12.8. The van der Waals surface area contributed by atoms with E-state index in [9.17, 15) is 0 Å². The van der Waals surface area contributed by atoms with Gasteiger partial charge in [0.25, 0.3) is 0 Å². The van der Waals surface area contributed by atoms with Crippen molar-refractivity contribution >= 4 is 21.6 Å². The van der Waals surface area contributed by atoms with Gasteiger partial charge in [-0.3, -0.25) is 0 Å². The first-order valence-corrected chi connectivity index (χ1v) is 7.12. The van der Waals surface area contributed by atoms with Crippen molar-refractivity contribution in [2.24, 2.45) is 5.73 Å². The summed E-state index contributed by atoms with van der Waals surface area (Å²) >= 11 is 3.60. The summed E-state index contributed by atoms with van der Waals surface area (Å²) in [5.41, 5.74) is 8.21. The molecule has 2 N–H and O–H groups in total. The van der Waals surface area contributed by atoms with Crippen LogP contribution in [0.25, 0.3) is 0 Å². The number of halogens is 1. The van der Waals surface area contributed by atoms with Gasteiger partial charge >= 0.3 is 0 Å². The lowest BCUT2D eigenvalue weighted by atomic mass is 10.1. The number of anilines is 1. The highest BCUT2D eigenvalue weighted by molar-refractivity contribution is 9.10. The summed E-state index contributed by atoms with van der Waals surface area (Å²) in [6.45, 7) is 8.89. The normalized spacial score (nSPS) is 20.8. The molecule has 0 aliphatic carbocycles. The molecule has 100 valence electrons. The smallest absolute Gasteiger partial charge is 0.0801 e. The molecule has 0 aromatic heterocycles. The van der Waals surface area contributed by atoms with Crippen molar-refractivity contribution in [3.63, 3.8) is 0 Å². The van der Waals surface area contributed by atoms with E-state index in [1.807, 2.05) is 6.92 Å². The van der Waals surface area contributed by atoms with Gasteiger partial charge in [0.2, 0.25) is 0 Å². The quantitative estimate of drug-likeness (QED) is 0.912. The molecule has 3 nitrogen and oxygen atoms in total. The second kappa shape index (κ2) is 5.19. The standard InChI is InChI=1S/C14H21BrN2O/c1-10(16)12-5-4-11(8-13(12)15)17-6-7-18-14(2,3)9-17/h4-5,8,10H,6-7,9,16H2,1-3H3/t10-/m0/s1. The van der Waals surface area contributed by atoms with Gasteiger partial charge in [-0.25, -0.2) is 0 Å². The first kappa shape index (κ1) is 13.8. The van der Waals surface area contributed by atoms with Crippen LogP contribution >= 0.6 is 15.9 Å². The predicted octanol–water partition coefficient (Wildman–Crippen LogP) is 3.08. The molecule has 4 heteroatoms. The van der Waals surface area contributed by atoms with Crippen LogP contribution in [0.4, 0.5) is 5.69 Å². The number of hydrogen-bond acceptors (Lipinski definition) is 3. The number of nitrogens with two attached hydrogens (primary N) is 1. The van der Waals surface area contributed by atoms with Crippen molar-refractivity contribution in [3.05, 3.63) is 28.2 Å². The molecule has 1 aliphatic rings. The maximum absolute atomic E-state index is 5.92. The van der Waals surface area contributed by atoms with Crippen molar-refractivity contribution < 1.29 is 4.74 Å². The second-order valence-electron chi connectivity index (χ2n) is 5.52. The summed E-state index contributed by atoms with van der Waals surface area (Å²) in [5.74, 6) is 0. The van der Waals surface area contributed by atoms with Gasteiger partial charge in [0, 0.05) is 29.3 Å². The Kier molecular flexibility index (Phi) is 3.99. The first-order valence-electron chi connectivity index (χ1n) is 6.33. The van der Waals surface area contributed by atoms with Gasteiger partial charge in [-0.05, 0) is 38.5 Å². The number of morpholine rings is 1. The average Bonchev–Trinajstić information content (AvgIpc) is 2.27. The zero-order chi connectivity index (χ0) is 13.3. The van der Waals surface area contributed by atoms with Crippen molar-refractivity contribution in [2.45, 2.75) is 32.4 Å². The van der Waals surface area contributed by atoms with E-state index in [4.69, 9.17) is 10.5 Å². The molecule has 18 heavy (non-hydrogen) atoms. The van der Waals surface area contributed by atoms with Gasteiger partial charge in [0.1, 0.15) is 0 Å². The SMILES string of the molecule is C[C@H](N)c1ccc(N2CCOC(C)(C)C2)cc1Br. The topological polar surface area (TPSA) is 38.5 Å². The lowest BCUT2D eigenvalue weighted by Gasteiger charge is -2.39. The summed E-state index contributed by atoms with van der Waals surface area (Å²) < 4.78 is 6.82. The van der Waals surface area contributed by atoms with Crippen LogP contribution in [0.5, 0.6) is 0 Å². The number of nitrogens with zero attached hydrogens (tertiary/aromatic N) is 1. The third kappa shape index (κ3) is 3.05. The lowest BCUT2D eigenvalue weighted by Crippen LogP contribution is -2.48. The van der Waals surface area contributed by atoms with Crippen LogP contribution in [0.2, 0.25) is 0 Å². The van der Waals surface area contributed by atoms with Gasteiger partial charge in [-0.1, -0.05) is 22.0 Å². The van der Waals surface area contributed by atoms with Gasteiger partial charge in [0.15, 0.2) is 0 Å². The van der Waals surface area contributed by atoms with Crippen molar-refractivity contribution in [1.82, 2.24) is 0 Å². The van der Waals surface area contributed by atoms with Crippen molar-refractivity contribution in [1.29, 1.82) is 0 Å². The molecule has 0 spiro atoms. The van der Waals surface area contributed by atoms with Crippen LogP contribution in [-0.2, 0) is 4.74 Å². The Morgan fingerprint density at radius 2 is 2.17 bits per heavy atom. The van der Waals surface area contributed by atoms with Gasteiger partial charge in [-0.2, -0.15) is 0 Å². The molecule has 0 radical (unpaired) electrons.